The molecule has 0 bridgehead atoms. The number of carbonyl (C=O) groups is 1. The van der Waals surface area contributed by atoms with Crippen molar-refractivity contribution in [2.24, 2.45) is 0 Å². The Bertz CT molecular complexity index is 413. The van der Waals surface area contributed by atoms with Crippen molar-refractivity contribution in [1.82, 2.24) is 5.32 Å². The van der Waals surface area contributed by atoms with Crippen LogP contribution in [0.2, 0.25) is 0 Å². The molecule has 0 unspecified atom stereocenters. The van der Waals surface area contributed by atoms with Crippen LogP contribution in [0.3, 0.4) is 0 Å². The highest BCUT2D eigenvalue weighted by Gasteiger charge is 2.38. The van der Waals surface area contributed by atoms with Crippen molar-refractivity contribution in [3.8, 4) is 0 Å². The maximum Gasteiger partial charge on any atom is 0.471 e. The van der Waals surface area contributed by atoms with Crippen molar-refractivity contribution in [1.29, 1.82) is 0 Å². The Kier molecular flexibility index (Phi) is 4.15. The molecule has 0 fully saturated rings. The van der Waals surface area contributed by atoms with Crippen molar-refractivity contribution in [3.05, 3.63) is 34.9 Å². The summed E-state index contributed by atoms with van der Waals surface area (Å²) < 4.78 is 35.7. The SMILES string of the molecule is Cc1ccc(C)c(CCNC(=O)C(F)(F)F)c1. The van der Waals surface area contributed by atoms with Crippen LogP contribution in [0.25, 0.3) is 0 Å². The molecule has 0 heterocycles. The number of hydrogen-bond donors (Lipinski definition) is 1. The highest BCUT2D eigenvalue weighted by Crippen LogP contribution is 2.14. The Morgan fingerprint density at radius 1 is 1.29 bits per heavy atom. The molecule has 2 nitrogen and oxygen atoms in total. The van der Waals surface area contributed by atoms with E-state index < -0.39 is 12.1 Å². The number of halogens is 3. The van der Waals surface area contributed by atoms with E-state index in [-0.39, 0.29) is 6.54 Å². The Morgan fingerprint density at radius 2 is 1.94 bits per heavy atom. The van der Waals surface area contributed by atoms with Gasteiger partial charge in [-0.3, -0.25) is 4.79 Å². The molecule has 94 valence electrons. The molecule has 1 aromatic rings. The second kappa shape index (κ2) is 5.21. The maximum atomic E-state index is 11.9. The Labute approximate surface area is 97.8 Å². The van der Waals surface area contributed by atoms with Crippen LogP contribution in [0, 0.1) is 13.8 Å². The zero-order valence-corrected chi connectivity index (χ0v) is 9.69. The van der Waals surface area contributed by atoms with Crippen molar-refractivity contribution in [2.45, 2.75) is 26.4 Å². The van der Waals surface area contributed by atoms with E-state index in [1.165, 1.54) is 0 Å². The van der Waals surface area contributed by atoms with Gasteiger partial charge >= 0.3 is 12.1 Å². The van der Waals surface area contributed by atoms with Gasteiger partial charge in [0, 0.05) is 6.54 Å². The first-order valence-electron chi connectivity index (χ1n) is 5.22. The molecular weight excluding hydrogens is 231 g/mol. The summed E-state index contributed by atoms with van der Waals surface area (Å²) in [4.78, 5) is 10.6. The topological polar surface area (TPSA) is 29.1 Å². The molecule has 17 heavy (non-hydrogen) atoms. The molecule has 0 aromatic heterocycles. The van der Waals surface area contributed by atoms with E-state index in [2.05, 4.69) is 0 Å². The van der Waals surface area contributed by atoms with Crippen LogP contribution in [0.15, 0.2) is 18.2 Å². The van der Waals surface area contributed by atoms with Gasteiger partial charge in [-0.05, 0) is 31.4 Å². The maximum absolute atomic E-state index is 11.9. The van der Waals surface area contributed by atoms with Gasteiger partial charge in [0.2, 0.25) is 0 Å². The van der Waals surface area contributed by atoms with Crippen LogP contribution in [0.5, 0.6) is 0 Å². The van der Waals surface area contributed by atoms with Crippen molar-refractivity contribution >= 4 is 5.91 Å². The van der Waals surface area contributed by atoms with Crippen molar-refractivity contribution in [2.75, 3.05) is 6.54 Å². The molecule has 0 radical (unpaired) electrons. The first-order valence-corrected chi connectivity index (χ1v) is 5.22. The molecule has 0 spiro atoms. The highest BCUT2D eigenvalue weighted by atomic mass is 19.4. The van der Waals surface area contributed by atoms with Crippen LogP contribution in [-0.4, -0.2) is 18.6 Å². The van der Waals surface area contributed by atoms with Gasteiger partial charge in [0.05, 0.1) is 0 Å². The van der Waals surface area contributed by atoms with Gasteiger partial charge in [-0.1, -0.05) is 23.8 Å². The lowest BCUT2D eigenvalue weighted by Gasteiger charge is -2.09. The zero-order valence-electron chi connectivity index (χ0n) is 9.69. The number of alkyl halides is 3. The number of hydrogen-bond acceptors (Lipinski definition) is 1. The molecule has 0 atom stereocenters. The van der Waals surface area contributed by atoms with Crippen molar-refractivity contribution in [3.63, 3.8) is 0 Å². The average Bonchev–Trinajstić information content (AvgIpc) is 2.21. The van der Waals surface area contributed by atoms with E-state index in [1.54, 1.807) is 0 Å². The minimum Gasteiger partial charge on any atom is -0.348 e. The molecule has 1 amide bonds. The lowest BCUT2D eigenvalue weighted by molar-refractivity contribution is -0.173. The number of carbonyl (C=O) groups excluding carboxylic acids is 1. The second-order valence-corrected chi connectivity index (χ2v) is 3.93. The van der Waals surface area contributed by atoms with E-state index in [9.17, 15) is 18.0 Å². The van der Waals surface area contributed by atoms with Crippen LogP contribution in [0.4, 0.5) is 13.2 Å². The Morgan fingerprint density at radius 3 is 2.53 bits per heavy atom. The fourth-order valence-corrected chi connectivity index (χ4v) is 1.48. The molecule has 5 heteroatoms. The van der Waals surface area contributed by atoms with Gasteiger partial charge in [0.25, 0.3) is 0 Å². The molecular formula is C12H14F3NO. The molecule has 0 saturated carbocycles. The third-order valence-electron chi connectivity index (χ3n) is 2.44. The van der Waals surface area contributed by atoms with Crippen LogP contribution >= 0.6 is 0 Å². The van der Waals surface area contributed by atoms with Gasteiger partial charge < -0.3 is 5.32 Å². The number of nitrogens with one attached hydrogen (secondary N) is 1. The number of benzene rings is 1. The molecule has 1 N–H and O–H groups in total. The summed E-state index contributed by atoms with van der Waals surface area (Å²) in [5, 5.41) is 1.85. The molecule has 1 aromatic carbocycles. The van der Waals surface area contributed by atoms with E-state index >= 15 is 0 Å². The van der Waals surface area contributed by atoms with Crippen LogP contribution in [-0.2, 0) is 11.2 Å². The first-order chi connectivity index (χ1) is 7.80. The van der Waals surface area contributed by atoms with E-state index in [0.29, 0.717) is 6.42 Å². The van der Waals surface area contributed by atoms with E-state index in [1.807, 2.05) is 37.4 Å². The van der Waals surface area contributed by atoms with Gasteiger partial charge in [0.1, 0.15) is 0 Å². The third kappa shape index (κ3) is 4.09. The second-order valence-electron chi connectivity index (χ2n) is 3.93. The van der Waals surface area contributed by atoms with Gasteiger partial charge in [-0.25, -0.2) is 0 Å². The van der Waals surface area contributed by atoms with Crippen molar-refractivity contribution < 1.29 is 18.0 Å². The van der Waals surface area contributed by atoms with Crippen LogP contribution < -0.4 is 5.32 Å². The predicted molar refractivity (Wildman–Crippen MR) is 58.7 cm³/mol. The monoisotopic (exact) mass is 245 g/mol. The summed E-state index contributed by atoms with van der Waals surface area (Å²) in [7, 11) is 0. The largest absolute Gasteiger partial charge is 0.471 e. The first kappa shape index (κ1) is 13.5. The number of rotatable bonds is 3. The summed E-state index contributed by atoms with van der Waals surface area (Å²) in [6.45, 7) is 3.79. The number of amides is 1. The summed E-state index contributed by atoms with van der Waals surface area (Å²) in [6.07, 6.45) is -4.41. The Hall–Kier alpha value is -1.52. The average molecular weight is 245 g/mol. The summed E-state index contributed by atoms with van der Waals surface area (Å²) in [6, 6.07) is 5.76. The molecule has 0 aliphatic heterocycles. The summed E-state index contributed by atoms with van der Waals surface area (Å²) in [5.41, 5.74) is 3.01. The zero-order chi connectivity index (χ0) is 13.1. The standard InChI is InChI=1S/C12H14F3NO/c1-8-3-4-9(2)10(7-8)5-6-16-11(17)12(13,14)15/h3-4,7H,5-6H2,1-2H3,(H,16,17). The lowest BCUT2D eigenvalue weighted by atomic mass is 10.0. The Balaban J connectivity index is 2.52. The summed E-state index contributed by atoms with van der Waals surface area (Å²) >= 11 is 0. The quantitative estimate of drug-likeness (QED) is 0.871. The molecule has 1 rings (SSSR count). The smallest absolute Gasteiger partial charge is 0.348 e. The highest BCUT2D eigenvalue weighted by molar-refractivity contribution is 5.81. The minimum absolute atomic E-state index is 0.0113. The summed E-state index contributed by atoms with van der Waals surface area (Å²) in [5.74, 6) is -1.89. The van der Waals surface area contributed by atoms with E-state index in [0.717, 1.165) is 16.7 Å². The van der Waals surface area contributed by atoms with Gasteiger partial charge in [-0.2, -0.15) is 13.2 Å². The van der Waals surface area contributed by atoms with Gasteiger partial charge in [0.15, 0.2) is 0 Å². The van der Waals surface area contributed by atoms with Gasteiger partial charge in [-0.15, -0.1) is 0 Å². The van der Waals surface area contributed by atoms with E-state index in [4.69, 9.17) is 0 Å². The molecule has 0 aliphatic rings. The number of aryl methyl sites for hydroxylation is 2. The predicted octanol–water partition coefficient (Wildman–Crippen LogP) is 2.52. The molecule has 0 saturated heterocycles. The molecule has 0 aliphatic carbocycles. The fourth-order valence-electron chi connectivity index (χ4n) is 1.48. The normalized spacial score (nSPS) is 11.4. The third-order valence-corrected chi connectivity index (χ3v) is 2.44. The van der Waals surface area contributed by atoms with Crippen LogP contribution in [0.1, 0.15) is 16.7 Å². The lowest BCUT2D eigenvalue weighted by Crippen LogP contribution is -2.37. The minimum atomic E-state index is -4.80. The fraction of sp³-hybridized carbons (Fsp3) is 0.417.